The van der Waals surface area contributed by atoms with Crippen molar-refractivity contribution >= 4 is 49.8 Å². The third-order valence-electron chi connectivity index (χ3n) is 6.82. The van der Waals surface area contributed by atoms with Crippen molar-refractivity contribution in [3.05, 3.63) is 88.5 Å². The Morgan fingerprint density at radius 1 is 1.05 bits per heavy atom. The molecule has 1 aliphatic rings. The van der Waals surface area contributed by atoms with E-state index in [1.807, 2.05) is 82.2 Å². The Hall–Kier alpha value is -4.17. The predicted octanol–water partition coefficient (Wildman–Crippen LogP) is 6.39. The molecule has 0 aliphatic carbocycles. The van der Waals surface area contributed by atoms with Crippen LogP contribution in [0.5, 0.6) is 5.75 Å². The van der Waals surface area contributed by atoms with E-state index in [2.05, 4.69) is 0 Å². The lowest BCUT2D eigenvalue weighted by Gasteiger charge is -2.23. The number of Topliss-reactive ketones (excluding diaryl/α,β-unsaturated/α-hetero) is 1. The molecule has 1 atom stereocenters. The Bertz CT molecular complexity index is 1600. The fourth-order valence-electron chi connectivity index (χ4n) is 4.75. The van der Waals surface area contributed by atoms with E-state index < -0.39 is 17.7 Å². The molecule has 7 nitrogen and oxygen atoms in total. The van der Waals surface area contributed by atoms with Gasteiger partial charge in [0.25, 0.3) is 5.78 Å². The van der Waals surface area contributed by atoms with Crippen LogP contribution in [0.25, 0.3) is 16.0 Å². The van der Waals surface area contributed by atoms with Gasteiger partial charge in [0.2, 0.25) is 0 Å². The number of thiazole rings is 1. The average molecular weight is 542 g/mol. The quantitative estimate of drug-likeness (QED) is 0.166. The third-order valence-corrected chi connectivity index (χ3v) is 7.84. The summed E-state index contributed by atoms with van der Waals surface area (Å²) in [6.45, 7) is 6.51. The monoisotopic (exact) mass is 541 g/mol. The number of rotatable bonds is 7. The number of fused-ring (bicyclic) bond motifs is 1. The summed E-state index contributed by atoms with van der Waals surface area (Å²) in [5, 5.41) is 11.9. The van der Waals surface area contributed by atoms with Gasteiger partial charge in [-0.25, -0.2) is 4.98 Å². The molecule has 0 saturated carbocycles. The second kappa shape index (κ2) is 10.5. The SMILES string of the molecule is CCCOc1ccc(/C(O)=C2\C(=O)C(=O)N(c3nc4ccc(C)cc4s3)C2c2ccc(N(C)C)cc2)cc1C. The van der Waals surface area contributed by atoms with Gasteiger partial charge in [-0.2, -0.15) is 0 Å². The van der Waals surface area contributed by atoms with E-state index in [0.29, 0.717) is 22.9 Å². The van der Waals surface area contributed by atoms with Gasteiger partial charge in [-0.1, -0.05) is 36.5 Å². The molecule has 1 aromatic heterocycles. The van der Waals surface area contributed by atoms with Crippen LogP contribution in [0.4, 0.5) is 10.8 Å². The molecule has 2 heterocycles. The van der Waals surface area contributed by atoms with E-state index in [1.165, 1.54) is 16.2 Å². The molecule has 1 fully saturated rings. The first-order valence-corrected chi connectivity index (χ1v) is 13.7. The number of carbonyl (C=O) groups excluding carboxylic acids is 2. The summed E-state index contributed by atoms with van der Waals surface area (Å²) in [6, 6.07) is 18.0. The van der Waals surface area contributed by atoms with Crippen molar-refractivity contribution in [1.29, 1.82) is 0 Å². The molecule has 1 saturated heterocycles. The number of carbonyl (C=O) groups is 2. The van der Waals surface area contributed by atoms with Crippen molar-refractivity contribution in [2.75, 3.05) is 30.5 Å². The molecule has 0 spiro atoms. The lowest BCUT2D eigenvalue weighted by molar-refractivity contribution is -0.132. The summed E-state index contributed by atoms with van der Waals surface area (Å²) in [6.07, 6.45) is 0.878. The molecule has 0 bridgehead atoms. The highest BCUT2D eigenvalue weighted by Crippen LogP contribution is 2.44. The first-order valence-electron chi connectivity index (χ1n) is 12.9. The van der Waals surface area contributed by atoms with Crippen LogP contribution in [-0.2, 0) is 9.59 Å². The topological polar surface area (TPSA) is 83.0 Å². The van der Waals surface area contributed by atoms with E-state index in [1.54, 1.807) is 18.2 Å². The van der Waals surface area contributed by atoms with Gasteiger partial charge in [-0.3, -0.25) is 14.5 Å². The summed E-state index contributed by atoms with van der Waals surface area (Å²) in [7, 11) is 3.89. The maximum absolute atomic E-state index is 13.6. The standard InChI is InChI=1S/C31H31N3O4S/c1-6-15-38-24-14-10-21(17-19(24)3)28(35)26-27(20-8-11-22(12-9-20)33(4)5)34(30(37)29(26)36)31-32-23-13-7-18(2)16-25(23)39-31/h7-14,16-17,27,35H,6,15H2,1-5H3/b28-26+. The Morgan fingerprint density at radius 3 is 2.46 bits per heavy atom. The largest absolute Gasteiger partial charge is 0.507 e. The van der Waals surface area contributed by atoms with Gasteiger partial charge in [-0.15, -0.1) is 0 Å². The number of aliphatic hydroxyl groups is 1. The summed E-state index contributed by atoms with van der Waals surface area (Å²) in [5.41, 5.74) is 4.83. The zero-order valence-electron chi connectivity index (χ0n) is 22.7. The van der Waals surface area contributed by atoms with Crippen molar-refractivity contribution in [1.82, 2.24) is 4.98 Å². The third kappa shape index (κ3) is 4.88. The Labute approximate surface area is 232 Å². The van der Waals surface area contributed by atoms with Crippen LogP contribution in [-0.4, -0.2) is 42.5 Å². The molecule has 200 valence electrons. The number of ketones is 1. The molecule has 3 aromatic carbocycles. The molecule has 8 heteroatoms. The molecule has 5 rings (SSSR count). The fourth-order valence-corrected chi connectivity index (χ4v) is 5.84. The minimum atomic E-state index is -0.834. The van der Waals surface area contributed by atoms with Crippen molar-refractivity contribution in [2.24, 2.45) is 0 Å². The van der Waals surface area contributed by atoms with Gasteiger partial charge in [0.1, 0.15) is 11.5 Å². The Morgan fingerprint density at radius 2 is 1.79 bits per heavy atom. The van der Waals surface area contributed by atoms with Crippen LogP contribution in [0.1, 0.15) is 41.6 Å². The molecule has 1 unspecified atom stereocenters. The average Bonchev–Trinajstić information content (AvgIpc) is 3.45. The molecule has 0 radical (unpaired) electrons. The minimum absolute atomic E-state index is 0.0367. The van der Waals surface area contributed by atoms with Gasteiger partial charge in [0.15, 0.2) is 5.13 Å². The van der Waals surface area contributed by atoms with Gasteiger partial charge < -0.3 is 14.7 Å². The number of nitrogens with zero attached hydrogens (tertiary/aromatic N) is 3. The zero-order valence-corrected chi connectivity index (χ0v) is 23.5. The minimum Gasteiger partial charge on any atom is -0.507 e. The summed E-state index contributed by atoms with van der Waals surface area (Å²) in [4.78, 5) is 35.2. The lowest BCUT2D eigenvalue weighted by atomic mass is 9.94. The normalized spacial score (nSPS) is 16.7. The molecule has 1 amide bonds. The number of ether oxygens (including phenoxy) is 1. The second-order valence-corrected chi connectivity index (χ2v) is 11.0. The van der Waals surface area contributed by atoms with Gasteiger partial charge in [0.05, 0.1) is 28.4 Å². The van der Waals surface area contributed by atoms with Crippen LogP contribution in [0.15, 0.2) is 66.2 Å². The predicted molar refractivity (Wildman–Crippen MR) is 157 cm³/mol. The highest BCUT2D eigenvalue weighted by atomic mass is 32.1. The van der Waals surface area contributed by atoms with E-state index >= 15 is 0 Å². The Balaban J connectivity index is 1.67. The van der Waals surface area contributed by atoms with Crippen LogP contribution in [0, 0.1) is 13.8 Å². The first kappa shape index (κ1) is 26.4. The summed E-state index contributed by atoms with van der Waals surface area (Å²) >= 11 is 1.36. The lowest BCUT2D eigenvalue weighted by Crippen LogP contribution is -2.29. The number of benzene rings is 3. The number of aromatic nitrogens is 1. The summed E-state index contributed by atoms with van der Waals surface area (Å²) in [5.74, 6) is -0.962. The molecular weight excluding hydrogens is 510 g/mol. The van der Waals surface area contributed by atoms with E-state index in [0.717, 1.165) is 39.2 Å². The van der Waals surface area contributed by atoms with E-state index in [9.17, 15) is 14.7 Å². The molecule has 1 N–H and O–H groups in total. The van der Waals surface area contributed by atoms with Crippen molar-refractivity contribution in [2.45, 2.75) is 33.2 Å². The van der Waals surface area contributed by atoms with Crippen LogP contribution >= 0.6 is 11.3 Å². The van der Waals surface area contributed by atoms with E-state index in [4.69, 9.17) is 9.72 Å². The number of amides is 1. The van der Waals surface area contributed by atoms with Gasteiger partial charge in [0, 0.05) is 25.3 Å². The maximum Gasteiger partial charge on any atom is 0.301 e. The molecular formula is C31H31N3O4S. The first-order chi connectivity index (χ1) is 18.7. The molecule has 4 aromatic rings. The van der Waals surface area contributed by atoms with Gasteiger partial charge in [-0.05, 0) is 79.4 Å². The number of hydrogen-bond donors (Lipinski definition) is 1. The van der Waals surface area contributed by atoms with Crippen molar-refractivity contribution in [3.8, 4) is 5.75 Å². The van der Waals surface area contributed by atoms with Crippen molar-refractivity contribution < 1.29 is 19.4 Å². The summed E-state index contributed by atoms with van der Waals surface area (Å²) < 4.78 is 6.70. The van der Waals surface area contributed by atoms with E-state index in [-0.39, 0.29) is 11.3 Å². The van der Waals surface area contributed by atoms with Gasteiger partial charge >= 0.3 is 5.91 Å². The van der Waals surface area contributed by atoms with Crippen molar-refractivity contribution in [3.63, 3.8) is 0 Å². The smallest absolute Gasteiger partial charge is 0.301 e. The zero-order chi connectivity index (χ0) is 27.8. The van der Waals surface area contributed by atoms with Crippen LogP contribution in [0.3, 0.4) is 0 Å². The number of aryl methyl sites for hydroxylation is 2. The Kier molecular flexibility index (Phi) is 7.14. The highest BCUT2D eigenvalue weighted by molar-refractivity contribution is 7.22. The number of anilines is 2. The number of hydrogen-bond acceptors (Lipinski definition) is 7. The van der Waals surface area contributed by atoms with Crippen LogP contribution in [0.2, 0.25) is 0 Å². The fraction of sp³-hybridized carbons (Fsp3) is 0.258. The molecule has 1 aliphatic heterocycles. The van der Waals surface area contributed by atoms with Crippen LogP contribution < -0.4 is 14.5 Å². The molecule has 39 heavy (non-hydrogen) atoms. The maximum atomic E-state index is 13.6. The second-order valence-electron chi connectivity index (χ2n) is 9.95. The highest BCUT2D eigenvalue weighted by Gasteiger charge is 2.48. The number of aliphatic hydroxyl groups excluding tert-OH is 1.